The molecule has 1 amide bonds. The van der Waals surface area contributed by atoms with Gasteiger partial charge in [0.15, 0.2) is 0 Å². The van der Waals surface area contributed by atoms with Gasteiger partial charge in [-0.15, -0.1) is 0 Å². The van der Waals surface area contributed by atoms with Crippen LogP contribution >= 0.6 is 0 Å². The highest BCUT2D eigenvalue weighted by atomic mass is 16.1. The number of aromatic amines is 1. The molecule has 1 aliphatic heterocycles. The molecule has 1 aromatic heterocycles. The van der Waals surface area contributed by atoms with Gasteiger partial charge in [0.2, 0.25) is 5.91 Å². The van der Waals surface area contributed by atoms with E-state index in [0.717, 1.165) is 41.3 Å². The molecule has 5 heteroatoms. The van der Waals surface area contributed by atoms with Crippen LogP contribution in [0.2, 0.25) is 0 Å². The molecule has 0 aliphatic carbocycles. The van der Waals surface area contributed by atoms with Crippen LogP contribution in [0.4, 0.5) is 5.69 Å². The average Bonchev–Trinajstić information content (AvgIpc) is 2.79. The number of H-pyrrole nitrogens is 1. The van der Waals surface area contributed by atoms with Crippen molar-refractivity contribution in [1.29, 1.82) is 0 Å². The lowest BCUT2D eigenvalue weighted by Crippen LogP contribution is -2.18. The van der Waals surface area contributed by atoms with E-state index in [0.29, 0.717) is 13.0 Å². The molecule has 0 bridgehead atoms. The molecular formula is C15H18N4O. The summed E-state index contributed by atoms with van der Waals surface area (Å²) in [5.41, 5.74) is 10.7. The highest BCUT2D eigenvalue weighted by Crippen LogP contribution is 2.29. The second kappa shape index (κ2) is 5.09. The molecule has 2 heterocycles. The molecule has 4 N–H and O–H groups in total. The van der Waals surface area contributed by atoms with Gasteiger partial charge >= 0.3 is 0 Å². The molecule has 0 saturated heterocycles. The monoisotopic (exact) mass is 270 g/mol. The number of rotatable bonds is 3. The van der Waals surface area contributed by atoms with E-state index in [1.54, 1.807) is 0 Å². The number of imidazole rings is 1. The third-order valence-electron chi connectivity index (χ3n) is 3.59. The summed E-state index contributed by atoms with van der Waals surface area (Å²) < 4.78 is 0. The highest BCUT2D eigenvalue weighted by molar-refractivity contribution is 5.94. The molecular weight excluding hydrogens is 252 g/mol. The molecule has 0 spiro atoms. The largest absolute Gasteiger partial charge is 0.346 e. The molecule has 3 rings (SSSR count). The van der Waals surface area contributed by atoms with Crippen LogP contribution in [-0.2, 0) is 17.6 Å². The maximum Gasteiger partial charge on any atom is 0.224 e. The summed E-state index contributed by atoms with van der Waals surface area (Å²) in [4.78, 5) is 19.3. The lowest BCUT2D eigenvalue weighted by Gasteiger charge is -2.17. The van der Waals surface area contributed by atoms with Gasteiger partial charge in [0.25, 0.3) is 0 Å². The number of nitrogens with two attached hydrogens (primary N) is 1. The number of fused-ring (bicyclic) bond motifs is 1. The molecule has 1 aliphatic rings. The van der Waals surface area contributed by atoms with Crippen molar-refractivity contribution in [3.05, 3.63) is 35.3 Å². The summed E-state index contributed by atoms with van der Waals surface area (Å²) in [7, 11) is 0. The number of aromatic nitrogens is 2. The van der Waals surface area contributed by atoms with E-state index in [9.17, 15) is 4.79 Å². The fourth-order valence-electron chi connectivity index (χ4n) is 2.59. The Hall–Kier alpha value is -2.14. The van der Waals surface area contributed by atoms with Crippen LogP contribution in [0.1, 0.15) is 23.5 Å². The van der Waals surface area contributed by atoms with E-state index in [1.165, 1.54) is 5.56 Å². The van der Waals surface area contributed by atoms with Gasteiger partial charge in [0.1, 0.15) is 5.82 Å². The first-order valence-corrected chi connectivity index (χ1v) is 6.86. The maximum atomic E-state index is 11.4. The first kappa shape index (κ1) is 12.9. The molecule has 0 atom stereocenters. The van der Waals surface area contributed by atoms with Gasteiger partial charge in [-0.25, -0.2) is 4.98 Å². The van der Waals surface area contributed by atoms with Crippen molar-refractivity contribution in [3.63, 3.8) is 0 Å². The third-order valence-corrected chi connectivity index (χ3v) is 3.59. The topological polar surface area (TPSA) is 83.8 Å². The van der Waals surface area contributed by atoms with Gasteiger partial charge in [0.05, 0.1) is 5.69 Å². The predicted molar refractivity (Wildman–Crippen MR) is 78.5 cm³/mol. The summed E-state index contributed by atoms with van der Waals surface area (Å²) in [6, 6.07) is 6.07. The second-order valence-corrected chi connectivity index (χ2v) is 5.12. The van der Waals surface area contributed by atoms with E-state index in [4.69, 9.17) is 5.73 Å². The first-order valence-electron chi connectivity index (χ1n) is 6.86. The van der Waals surface area contributed by atoms with Crippen molar-refractivity contribution in [2.45, 2.75) is 26.2 Å². The van der Waals surface area contributed by atoms with E-state index < -0.39 is 0 Å². The number of carbonyl (C=O) groups is 1. The summed E-state index contributed by atoms with van der Waals surface area (Å²) >= 11 is 0. The third kappa shape index (κ3) is 2.32. The Bertz CT molecular complexity index is 660. The smallest absolute Gasteiger partial charge is 0.224 e. The normalized spacial score (nSPS) is 14.0. The van der Waals surface area contributed by atoms with E-state index in [1.807, 2.05) is 19.1 Å². The Morgan fingerprint density at radius 3 is 3.00 bits per heavy atom. The highest BCUT2D eigenvalue weighted by Gasteiger charge is 2.16. The number of hydrogen-bond acceptors (Lipinski definition) is 3. The maximum absolute atomic E-state index is 11.4. The Morgan fingerprint density at radius 1 is 1.35 bits per heavy atom. The standard InChI is InChI=1S/C15H18N4O/c1-9-15(19-13(17-9)6-7-16)11-2-4-12-10(8-11)3-5-14(20)18-12/h2,4,8H,3,5-7,16H2,1H3,(H,17,19)(H,18,20). The molecule has 5 nitrogen and oxygen atoms in total. The van der Waals surface area contributed by atoms with Crippen LogP contribution in [0.5, 0.6) is 0 Å². The fourth-order valence-corrected chi connectivity index (χ4v) is 2.59. The van der Waals surface area contributed by atoms with Crippen LogP contribution in [0, 0.1) is 6.92 Å². The molecule has 2 aromatic rings. The minimum atomic E-state index is 0.0893. The molecule has 0 radical (unpaired) electrons. The number of benzene rings is 1. The zero-order valence-corrected chi connectivity index (χ0v) is 11.5. The number of anilines is 1. The quantitative estimate of drug-likeness (QED) is 0.794. The summed E-state index contributed by atoms with van der Waals surface area (Å²) in [5, 5.41) is 2.89. The van der Waals surface area contributed by atoms with E-state index >= 15 is 0 Å². The van der Waals surface area contributed by atoms with Crippen LogP contribution in [0.3, 0.4) is 0 Å². The second-order valence-electron chi connectivity index (χ2n) is 5.12. The van der Waals surface area contributed by atoms with Crippen molar-refractivity contribution >= 4 is 11.6 Å². The predicted octanol–water partition coefficient (Wildman–Crippen LogP) is 1.77. The van der Waals surface area contributed by atoms with Crippen LogP contribution in [0.15, 0.2) is 18.2 Å². The van der Waals surface area contributed by atoms with Crippen LogP contribution < -0.4 is 11.1 Å². The summed E-state index contributed by atoms with van der Waals surface area (Å²) in [6.45, 7) is 2.60. The van der Waals surface area contributed by atoms with Gasteiger partial charge in [0, 0.05) is 29.8 Å². The van der Waals surface area contributed by atoms with Crippen molar-refractivity contribution in [2.24, 2.45) is 5.73 Å². The van der Waals surface area contributed by atoms with E-state index in [-0.39, 0.29) is 5.91 Å². The Labute approximate surface area is 117 Å². The van der Waals surface area contributed by atoms with Gasteiger partial charge in [-0.3, -0.25) is 4.79 Å². The molecule has 0 fully saturated rings. The number of aryl methyl sites for hydroxylation is 2. The van der Waals surface area contributed by atoms with E-state index in [2.05, 4.69) is 21.4 Å². The van der Waals surface area contributed by atoms with Crippen LogP contribution in [-0.4, -0.2) is 22.4 Å². The number of amides is 1. The molecule has 0 saturated carbocycles. The van der Waals surface area contributed by atoms with Crippen molar-refractivity contribution in [1.82, 2.24) is 9.97 Å². The summed E-state index contributed by atoms with van der Waals surface area (Å²) in [6.07, 6.45) is 2.09. The van der Waals surface area contributed by atoms with Crippen LogP contribution in [0.25, 0.3) is 11.3 Å². The van der Waals surface area contributed by atoms with Gasteiger partial charge in [-0.2, -0.15) is 0 Å². The van der Waals surface area contributed by atoms with Crippen molar-refractivity contribution < 1.29 is 4.79 Å². The van der Waals surface area contributed by atoms with Gasteiger partial charge in [-0.1, -0.05) is 6.07 Å². The number of hydrogen-bond donors (Lipinski definition) is 3. The number of nitrogens with one attached hydrogen (secondary N) is 2. The summed E-state index contributed by atoms with van der Waals surface area (Å²) in [5.74, 6) is 1.01. The molecule has 104 valence electrons. The zero-order valence-electron chi connectivity index (χ0n) is 11.5. The van der Waals surface area contributed by atoms with Crippen molar-refractivity contribution in [2.75, 3.05) is 11.9 Å². The van der Waals surface area contributed by atoms with Gasteiger partial charge in [-0.05, 0) is 37.6 Å². The number of carbonyl (C=O) groups excluding carboxylic acids is 1. The fraction of sp³-hybridized carbons (Fsp3) is 0.333. The van der Waals surface area contributed by atoms with Gasteiger partial charge < -0.3 is 16.0 Å². The molecule has 1 aromatic carbocycles. The lowest BCUT2D eigenvalue weighted by atomic mass is 9.99. The minimum absolute atomic E-state index is 0.0893. The Balaban J connectivity index is 1.96. The average molecular weight is 270 g/mol. The molecule has 20 heavy (non-hydrogen) atoms. The number of nitrogens with zero attached hydrogens (tertiary/aromatic N) is 1. The lowest BCUT2D eigenvalue weighted by molar-refractivity contribution is -0.116. The minimum Gasteiger partial charge on any atom is -0.346 e. The SMILES string of the molecule is Cc1[nH]c(CCN)nc1-c1ccc2c(c1)CCC(=O)N2. The Morgan fingerprint density at radius 2 is 2.20 bits per heavy atom. The molecule has 0 unspecified atom stereocenters. The first-order chi connectivity index (χ1) is 9.67. The Kier molecular flexibility index (Phi) is 3.28. The van der Waals surface area contributed by atoms with Crippen molar-refractivity contribution in [3.8, 4) is 11.3 Å². The zero-order chi connectivity index (χ0) is 14.1.